The number of nitrogens with two attached hydrogens (primary N) is 1. The van der Waals surface area contributed by atoms with E-state index in [4.69, 9.17) is 14.6 Å². The molecule has 8 heteroatoms. The number of benzene rings is 1. The molecular weight excluding hydrogens is 272 g/mol. The number of sulfonamides is 1. The van der Waals surface area contributed by atoms with Crippen molar-refractivity contribution in [3.8, 4) is 0 Å². The molecule has 0 bridgehead atoms. The molecule has 0 radical (unpaired) electrons. The average Bonchev–Trinajstić information content (AvgIpc) is 2.39. The van der Waals surface area contributed by atoms with Crippen LogP contribution in [0.1, 0.15) is 0 Å². The minimum atomic E-state index is -3.74. The fraction of sp³-hybridized carbons (Fsp3) is 0.364. The summed E-state index contributed by atoms with van der Waals surface area (Å²) >= 11 is 0. The predicted octanol–water partition coefficient (Wildman–Crippen LogP) is -0.0843. The summed E-state index contributed by atoms with van der Waals surface area (Å²) in [4.78, 5) is 12.3. The van der Waals surface area contributed by atoms with E-state index in [1.54, 1.807) is 0 Å². The molecule has 106 valence electrons. The minimum absolute atomic E-state index is 0.0165. The van der Waals surface area contributed by atoms with Crippen LogP contribution in [-0.4, -0.2) is 41.9 Å². The van der Waals surface area contributed by atoms with Gasteiger partial charge < -0.3 is 14.4 Å². The molecule has 0 fully saturated rings. The number of nitrogens with zero attached hydrogens (tertiary/aromatic N) is 1. The van der Waals surface area contributed by atoms with Gasteiger partial charge in [0.1, 0.15) is 0 Å². The molecular formula is C11H16N2O5S. The lowest BCUT2D eigenvalue weighted by Crippen LogP contribution is -2.33. The molecule has 0 saturated heterocycles. The van der Waals surface area contributed by atoms with Gasteiger partial charge in [0.05, 0.1) is 11.4 Å². The average molecular weight is 288 g/mol. The summed E-state index contributed by atoms with van der Waals surface area (Å²) in [6, 6.07) is 5.62. The first kappa shape index (κ1) is 15.6. The van der Waals surface area contributed by atoms with Crippen molar-refractivity contribution in [3.05, 3.63) is 24.3 Å². The van der Waals surface area contributed by atoms with E-state index in [0.29, 0.717) is 12.1 Å². The van der Waals surface area contributed by atoms with Crippen molar-refractivity contribution < 1.29 is 22.7 Å². The first-order valence-corrected chi connectivity index (χ1v) is 6.87. The number of carbonyl (C=O) groups excluding carboxylic acids is 1. The van der Waals surface area contributed by atoms with Crippen molar-refractivity contribution in [2.45, 2.75) is 11.2 Å². The fourth-order valence-corrected chi connectivity index (χ4v) is 1.96. The van der Waals surface area contributed by atoms with E-state index in [9.17, 15) is 13.2 Å². The quantitative estimate of drug-likeness (QED) is 0.558. The van der Waals surface area contributed by atoms with Crippen LogP contribution in [-0.2, 0) is 24.3 Å². The van der Waals surface area contributed by atoms with Gasteiger partial charge >= 0.3 is 0 Å². The lowest BCUT2D eigenvalue weighted by molar-refractivity contribution is -0.113. The molecule has 0 atom stereocenters. The highest BCUT2D eigenvalue weighted by molar-refractivity contribution is 7.89. The summed E-state index contributed by atoms with van der Waals surface area (Å²) in [5.41, 5.74) is 0.515. The normalized spacial score (nSPS) is 11.6. The predicted molar refractivity (Wildman–Crippen MR) is 69.0 cm³/mol. The maximum Gasteiger partial charge on any atom is 0.238 e. The molecule has 0 heterocycles. The Morgan fingerprint density at radius 1 is 1.26 bits per heavy atom. The number of ether oxygens (including phenoxy) is 2. The van der Waals surface area contributed by atoms with Gasteiger partial charge in [-0.15, -0.1) is 0 Å². The topological polar surface area (TPSA) is 98.9 Å². The third-order valence-corrected chi connectivity index (χ3v) is 3.42. The number of rotatable bonds is 7. The first-order valence-electron chi connectivity index (χ1n) is 5.32. The Balaban J connectivity index is 2.91. The Morgan fingerprint density at radius 3 is 2.16 bits per heavy atom. The second-order valence-corrected chi connectivity index (χ2v) is 5.26. The number of hydrogen-bond donors (Lipinski definition) is 1. The highest BCUT2D eigenvalue weighted by Crippen LogP contribution is 2.17. The lowest BCUT2D eigenvalue weighted by atomic mass is 10.3. The molecule has 2 N–H and O–H groups in total. The van der Waals surface area contributed by atoms with Gasteiger partial charge in [0.2, 0.25) is 16.4 Å². The van der Waals surface area contributed by atoms with Crippen LogP contribution >= 0.6 is 0 Å². The molecule has 1 rings (SSSR count). The molecule has 1 aromatic carbocycles. The van der Waals surface area contributed by atoms with Gasteiger partial charge in [-0.2, -0.15) is 0 Å². The van der Waals surface area contributed by atoms with Gasteiger partial charge in [-0.05, 0) is 24.3 Å². The molecule has 0 unspecified atom stereocenters. The van der Waals surface area contributed by atoms with Gasteiger partial charge in [-0.3, -0.25) is 4.79 Å². The summed E-state index contributed by atoms with van der Waals surface area (Å²) in [7, 11) is -0.821. The van der Waals surface area contributed by atoms with Crippen molar-refractivity contribution in [1.29, 1.82) is 0 Å². The van der Waals surface area contributed by atoms with Crippen LogP contribution in [0.3, 0.4) is 0 Å². The standard InChI is InChI=1S/C11H16N2O5S/c1-17-11(18-2)7-13(8-14)9-3-5-10(6-4-9)19(12,15)16/h3-6,8,11H,7H2,1-2H3,(H2,12,15,16). The largest absolute Gasteiger partial charge is 0.354 e. The van der Waals surface area contributed by atoms with Crippen molar-refractivity contribution >= 4 is 22.1 Å². The third kappa shape index (κ3) is 4.28. The lowest BCUT2D eigenvalue weighted by Gasteiger charge is -2.22. The first-order chi connectivity index (χ1) is 8.92. The van der Waals surface area contributed by atoms with E-state index in [1.807, 2.05) is 0 Å². The highest BCUT2D eigenvalue weighted by Gasteiger charge is 2.14. The molecule has 0 aromatic heterocycles. The summed E-state index contributed by atoms with van der Waals surface area (Å²) in [6.45, 7) is 0.186. The van der Waals surface area contributed by atoms with Crippen LogP contribution in [0.2, 0.25) is 0 Å². The van der Waals surface area contributed by atoms with Crippen LogP contribution in [0.5, 0.6) is 0 Å². The summed E-state index contributed by atoms with van der Waals surface area (Å²) < 4.78 is 32.2. The van der Waals surface area contributed by atoms with E-state index in [2.05, 4.69) is 0 Å². The SMILES string of the molecule is COC(CN(C=O)c1ccc(S(N)(=O)=O)cc1)OC. The van der Waals surface area contributed by atoms with Gasteiger partial charge in [0.15, 0.2) is 6.29 Å². The van der Waals surface area contributed by atoms with E-state index in [-0.39, 0.29) is 11.4 Å². The van der Waals surface area contributed by atoms with Crippen LogP contribution in [0, 0.1) is 0 Å². The van der Waals surface area contributed by atoms with E-state index in [1.165, 1.54) is 43.4 Å². The number of amides is 1. The smallest absolute Gasteiger partial charge is 0.238 e. The zero-order valence-electron chi connectivity index (χ0n) is 10.6. The number of methoxy groups -OCH3 is 2. The zero-order valence-corrected chi connectivity index (χ0v) is 11.5. The molecule has 0 aliphatic rings. The number of hydrogen-bond acceptors (Lipinski definition) is 5. The molecule has 0 saturated carbocycles. The summed E-state index contributed by atoms with van der Waals surface area (Å²) in [5.74, 6) is 0. The summed E-state index contributed by atoms with van der Waals surface area (Å²) in [5, 5.41) is 4.99. The monoisotopic (exact) mass is 288 g/mol. The second kappa shape index (κ2) is 6.62. The molecule has 0 aliphatic carbocycles. The Hall–Kier alpha value is -1.48. The zero-order chi connectivity index (χ0) is 14.5. The van der Waals surface area contributed by atoms with Crippen molar-refractivity contribution in [2.75, 3.05) is 25.7 Å². The maximum atomic E-state index is 11.1. The molecule has 0 spiro atoms. The fourth-order valence-electron chi connectivity index (χ4n) is 1.44. The summed E-state index contributed by atoms with van der Waals surface area (Å²) in [6.07, 6.45) is 0.0416. The Labute approximate surface area is 112 Å². The van der Waals surface area contributed by atoms with Crippen molar-refractivity contribution in [3.63, 3.8) is 0 Å². The number of anilines is 1. The van der Waals surface area contributed by atoms with Crippen molar-refractivity contribution in [2.24, 2.45) is 5.14 Å². The number of primary sulfonamides is 1. The Morgan fingerprint density at radius 2 is 1.79 bits per heavy atom. The van der Waals surface area contributed by atoms with E-state index in [0.717, 1.165) is 0 Å². The second-order valence-electron chi connectivity index (χ2n) is 3.70. The van der Waals surface area contributed by atoms with Gasteiger partial charge in [-0.25, -0.2) is 13.6 Å². The van der Waals surface area contributed by atoms with Gasteiger partial charge in [-0.1, -0.05) is 0 Å². The van der Waals surface area contributed by atoms with Crippen LogP contribution < -0.4 is 10.0 Å². The van der Waals surface area contributed by atoms with Crippen LogP contribution in [0.25, 0.3) is 0 Å². The van der Waals surface area contributed by atoms with Crippen molar-refractivity contribution in [1.82, 2.24) is 0 Å². The molecule has 7 nitrogen and oxygen atoms in total. The van der Waals surface area contributed by atoms with E-state index >= 15 is 0 Å². The molecule has 0 aliphatic heterocycles. The Bertz CT molecular complexity index is 510. The molecule has 19 heavy (non-hydrogen) atoms. The van der Waals surface area contributed by atoms with Gasteiger partial charge in [0.25, 0.3) is 0 Å². The molecule has 1 amide bonds. The van der Waals surface area contributed by atoms with Gasteiger partial charge in [0, 0.05) is 19.9 Å². The maximum absolute atomic E-state index is 11.1. The molecule has 1 aromatic rings. The van der Waals surface area contributed by atoms with E-state index < -0.39 is 16.3 Å². The minimum Gasteiger partial charge on any atom is -0.354 e. The number of carbonyl (C=O) groups is 1. The third-order valence-electron chi connectivity index (χ3n) is 2.50. The van der Waals surface area contributed by atoms with Crippen LogP contribution in [0.15, 0.2) is 29.2 Å². The Kier molecular flexibility index (Phi) is 5.43. The van der Waals surface area contributed by atoms with Crippen LogP contribution in [0.4, 0.5) is 5.69 Å². The highest BCUT2D eigenvalue weighted by atomic mass is 32.2.